The number of fused-ring (bicyclic) bond motifs is 1. The lowest BCUT2D eigenvalue weighted by atomic mass is 9.93. The Morgan fingerprint density at radius 2 is 2.41 bits per heavy atom. The molecule has 118 valence electrons. The number of tetrazole rings is 1. The van der Waals surface area contributed by atoms with Crippen LogP contribution >= 0.6 is 11.3 Å². The SMILES string of the molecule is Cn1nnc(CNC(=O)NCC2(C)OCCc3sccc32)n1. The number of ether oxygens (including phenoxy) is 1. The predicted octanol–water partition coefficient (Wildman–Crippen LogP) is 0.559. The molecule has 0 aliphatic carbocycles. The molecule has 0 aromatic carbocycles. The maximum Gasteiger partial charge on any atom is 0.315 e. The van der Waals surface area contributed by atoms with Crippen LogP contribution in [0.3, 0.4) is 0 Å². The molecule has 3 heterocycles. The summed E-state index contributed by atoms with van der Waals surface area (Å²) in [5, 5.41) is 19.1. The van der Waals surface area contributed by atoms with Gasteiger partial charge in [0.05, 0.1) is 26.7 Å². The number of rotatable bonds is 4. The monoisotopic (exact) mass is 322 g/mol. The fraction of sp³-hybridized carbons (Fsp3) is 0.538. The quantitative estimate of drug-likeness (QED) is 0.858. The largest absolute Gasteiger partial charge is 0.368 e. The molecule has 1 aliphatic rings. The van der Waals surface area contributed by atoms with Crippen LogP contribution in [0.5, 0.6) is 0 Å². The summed E-state index contributed by atoms with van der Waals surface area (Å²) in [6.07, 6.45) is 0.938. The Morgan fingerprint density at radius 3 is 3.18 bits per heavy atom. The molecule has 9 heteroatoms. The molecule has 0 radical (unpaired) electrons. The van der Waals surface area contributed by atoms with Gasteiger partial charge < -0.3 is 15.4 Å². The lowest BCUT2D eigenvalue weighted by Crippen LogP contribution is -2.46. The highest BCUT2D eigenvalue weighted by molar-refractivity contribution is 7.10. The number of amides is 2. The van der Waals surface area contributed by atoms with Gasteiger partial charge in [-0.1, -0.05) is 0 Å². The summed E-state index contributed by atoms with van der Waals surface area (Å²) in [6.45, 7) is 3.33. The van der Waals surface area contributed by atoms with E-state index in [2.05, 4.69) is 37.5 Å². The summed E-state index contributed by atoms with van der Waals surface area (Å²) in [5.74, 6) is 0.470. The molecule has 0 saturated carbocycles. The number of nitrogens with zero attached hydrogens (tertiary/aromatic N) is 4. The minimum atomic E-state index is -0.476. The number of thiophene rings is 1. The smallest absolute Gasteiger partial charge is 0.315 e. The maximum atomic E-state index is 11.9. The third-order valence-electron chi connectivity index (χ3n) is 3.61. The standard InChI is InChI=1S/C13H18N6O2S/c1-13(9-4-6-22-10(9)3-5-21-13)8-15-12(20)14-7-11-16-18-19(2)17-11/h4,6H,3,5,7-8H2,1-2H3,(H2,14,15,20). The van der Waals surface area contributed by atoms with Gasteiger partial charge in [0.1, 0.15) is 5.60 Å². The third-order valence-corrected chi connectivity index (χ3v) is 4.59. The summed E-state index contributed by atoms with van der Waals surface area (Å²) >= 11 is 1.74. The number of carbonyl (C=O) groups is 1. The van der Waals surface area contributed by atoms with Gasteiger partial charge in [0, 0.05) is 11.3 Å². The van der Waals surface area contributed by atoms with Crippen molar-refractivity contribution in [3.63, 3.8) is 0 Å². The van der Waals surface area contributed by atoms with Crippen LogP contribution in [-0.4, -0.2) is 39.4 Å². The average Bonchev–Trinajstić information content (AvgIpc) is 3.13. The molecule has 2 aromatic rings. The van der Waals surface area contributed by atoms with Gasteiger partial charge in [-0.3, -0.25) is 0 Å². The molecule has 0 spiro atoms. The van der Waals surface area contributed by atoms with Crippen molar-refractivity contribution >= 4 is 17.4 Å². The van der Waals surface area contributed by atoms with E-state index in [9.17, 15) is 4.79 Å². The van der Waals surface area contributed by atoms with Crippen LogP contribution in [0.4, 0.5) is 4.79 Å². The van der Waals surface area contributed by atoms with Crippen LogP contribution in [0.2, 0.25) is 0 Å². The Balaban J connectivity index is 1.53. The first-order chi connectivity index (χ1) is 10.6. The van der Waals surface area contributed by atoms with Crippen LogP contribution in [-0.2, 0) is 30.4 Å². The Hall–Kier alpha value is -2.00. The topological polar surface area (TPSA) is 94.0 Å². The highest BCUT2D eigenvalue weighted by atomic mass is 32.1. The molecule has 1 unspecified atom stereocenters. The molecular formula is C13H18N6O2S. The lowest BCUT2D eigenvalue weighted by Gasteiger charge is -2.34. The molecule has 3 rings (SSSR count). The highest BCUT2D eigenvalue weighted by Crippen LogP contribution is 2.35. The molecule has 1 atom stereocenters. The van der Waals surface area contributed by atoms with Crippen molar-refractivity contribution in [2.45, 2.75) is 25.5 Å². The molecule has 1 aliphatic heterocycles. The zero-order valence-electron chi connectivity index (χ0n) is 12.5. The van der Waals surface area contributed by atoms with Gasteiger partial charge in [-0.2, -0.15) is 4.80 Å². The summed E-state index contributed by atoms with van der Waals surface area (Å²) in [6, 6.07) is 1.79. The molecule has 2 aromatic heterocycles. The minimum absolute atomic E-state index is 0.237. The van der Waals surface area contributed by atoms with Crippen molar-refractivity contribution in [3.05, 3.63) is 27.7 Å². The van der Waals surface area contributed by atoms with Crippen molar-refractivity contribution in [3.8, 4) is 0 Å². The zero-order chi connectivity index (χ0) is 15.6. The first kappa shape index (κ1) is 14.9. The van der Waals surface area contributed by atoms with Gasteiger partial charge in [-0.05, 0) is 29.1 Å². The predicted molar refractivity (Wildman–Crippen MR) is 80.4 cm³/mol. The highest BCUT2D eigenvalue weighted by Gasteiger charge is 2.34. The molecule has 0 bridgehead atoms. The van der Waals surface area contributed by atoms with E-state index in [1.54, 1.807) is 18.4 Å². The zero-order valence-corrected chi connectivity index (χ0v) is 13.3. The number of hydrogen-bond acceptors (Lipinski definition) is 6. The van der Waals surface area contributed by atoms with Gasteiger partial charge >= 0.3 is 6.03 Å². The Labute approximate surface area is 131 Å². The van der Waals surface area contributed by atoms with Crippen LogP contribution in [0.25, 0.3) is 0 Å². The molecule has 8 nitrogen and oxygen atoms in total. The fourth-order valence-corrected chi connectivity index (χ4v) is 3.44. The van der Waals surface area contributed by atoms with Crippen molar-refractivity contribution in [1.82, 2.24) is 30.8 Å². The minimum Gasteiger partial charge on any atom is -0.368 e. The number of aromatic nitrogens is 4. The lowest BCUT2D eigenvalue weighted by molar-refractivity contribution is -0.0418. The van der Waals surface area contributed by atoms with E-state index in [-0.39, 0.29) is 12.6 Å². The molecule has 22 heavy (non-hydrogen) atoms. The number of nitrogens with one attached hydrogen (secondary N) is 2. The second-order valence-corrected chi connectivity index (χ2v) is 6.32. The van der Waals surface area contributed by atoms with E-state index in [1.807, 2.05) is 6.92 Å². The van der Waals surface area contributed by atoms with Gasteiger partial charge in [-0.25, -0.2) is 4.79 Å². The van der Waals surface area contributed by atoms with E-state index in [4.69, 9.17) is 4.74 Å². The normalized spacial score (nSPS) is 20.5. The third kappa shape index (κ3) is 3.09. The fourth-order valence-electron chi connectivity index (χ4n) is 2.46. The van der Waals surface area contributed by atoms with E-state index in [0.717, 1.165) is 6.42 Å². The summed E-state index contributed by atoms with van der Waals surface area (Å²) in [4.78, 5) is 14.6. The molecular weight excluding hydrogens is 304 g/mol. The van der Waals surface area contributed by atoms with Crippen molar-refractivity contribution in [2.24, 2.45) is 7.05 Å². The first-order valence-electron chi connectivity index (χ1n) is 7.02. The number of urea groups is 1. The summed E-state index contributed by atoms with van der Waals surface area (Å²) < 4.78 is 5.89. The summed E-state index contributed by atoms with van der Waals surface area (Å²) in [7, 11) is 1.68. The second-order valence-electron chi connectivity index (χ2n) is 5.32. The number of hydrogen-bond donors (Lipinski definition) is 2. The van der Waals surface area contributed by atoms with Crippen LogP contribution in [0.1, 0.15) is 23.2 Å². The van der Waals surface area contributed by atoms with Crippen molar-refractivity contribution in [2.75, 3.05) is 13.2 Å². The van der Waals surface area contributed by atoms with Gasteiger partial charge in [-0.15, -0.1) is 21.5 Å². The Bertz CT molecular complexity index is 669. The molecule has 0 fully saturated rings. The number of carbonyl (C=O) groups excluding carboxylic acids is 1. The molecule has 0 saturated heterocycles. The number of aryl methyl sites for hydroxylation is 1. The molecule has 2 N–H and O–H groups in total. The average molecular weight is 322 g/mol. The summed E-state index contributed by atoms with van der Waals surface area (Å²) in [5.41, 5.74) is 0.690. The second kappa shape index (κ2) is 6.01. The van der Waals surface area contributed by atoms with E-state index in [1.165, 1.54) is 15.2 Å². The van der Waals surface area contributed by atoms with Gasteiger partial charge in [0.25, 0.3) is 0 Å². The first-order valence-corrected chi connectivity index (χ1v) is 7.90. The van der Waals surface area contributed by atoms with Gasteiger partial charge in [0.2, 0.25) is 0 Å². The Kier molecular flexibility index (Phi) is 4.08. The van der Waals surface area contributed by atoms with Crippen LogP contribution in [0.15, 0.2) is 11.4 Å². The van der Waals surface area contributed by atoms with Crippen LogP contribution < -0.4 is 10.6 Å². The van der Waals surface area contributed by atoms with E-state index in [0.29, 0.717) is 19.0 Å². The maximum absolute atomic E-state index is 11.9. The van der Waals surface area contributed by atoms with Crippen molar-refractivity contribution < 1.29 is 9.53 Å². The van der Waals surface area contributed by atoms with Crippen molar-refractivity contribution in [1.29, 1.82) is 0 Å². The molecule has 2 amide bonds. The van der Waals surface area contributed by atoms with E-state index < -0.39 is 5.60 Å². The van der Waals surface area contributed by atoms with E-state index >= 15 is 0 Å². The van der Waals surface area contributed by atoms with Crippen LogP contribution in [0, 0.1) is 0 Å². The Morgan fingerprint density at radius 1 is 1.55 bits per heavy atom. The van der Waals surface area contributed by atoms with Gasteiger partial charge in [0.15, 0.2) is 5.82 Å².